The van der Waals surface area contributed by atoms with Crippen LogP contribution in [0.5, 0.6) is 5.75 Å². The van der Waals surface area contributed by atoms with E-state index in [9.17, 15) is 13.6 Å². The van der Waals surface area contributed by atoms with E-state index in [4.69, 9.17) is 51.5 Å². The Morgan fingerprint density at radius 3 is 2.16 bits per heavy atom. The molecule has 19 heavy (non-hydrogen) atoms. The summed E-state index contributed by atoms with van der Waals surface area (Å²) >= 11 is 21.4. The molecular formula is C9H5Cl4F2NO3. The Balaban J connectivity index is 3.05. The molecule has 0 aliphatic carbocycles. The van der Waals surface area contributed by atoms with E-state index in [0.717, 1.165) is 12.1 Å². The highest BCUT2D eigenvalue weighted by Gasteiger charge is 2.40. The van der Waals surface area contributed by atoms with Crippen LogP contribution in [-0.4, -0.2) is 22.1 Å². The molecule has 0 aliphatic rings. The molecule has 4 nitrogen and oxygen atoms in total. The van der Waals surface area contributed by atoms with E-state index in [-0.39, 0.29) is 15.7 Å². The monoisotopic (exact) mass is 353 g/mol. The van der Waals surface area contributed by atoms with Crippen LogP contribution in [0.15, 0.2) is 12.1 Å². The smallest absolute Gasteiger partial charge is 0.428 e. The van der Waals surface area contributed by atoms with Crippen molar-refractivity contribution in [1.29, 1.82) is 0 Å². The van der Waals surface area contributed by atoms with E-state index in [1.54, 1.807) is 0 Å². The predicted octanol–water partition coefficient (Wildman–Crippen LogP) is 4.86. The van der Waals surface area contributed by atoms with Gasteiger partial charge in [-0.3, -0.25) is 5.32 Å². The highest BCUT2D eigenvalue weighted by atomic mass is 35.5. The van der Waals surface area contributed by atoms with Gasteiger partial charge in [-0.1, -0.05) is 46.4 Å². The summed E-state index contributed by atoms with van der Waals surface area (Å²) in [4.78, 5) is 8.37. The second-order valence-corrected chi connectivity index (χ2v) is 5.07. The number of carboxylic acid groups (broad SMARTS) is 1. The number of benzene rings is 1. The van der Waals surface area contributed by atoms with E-state index < -0.39 is 22.8 Å². The number of nitrogens with one attached hydrogen (secondary N) is 1. The Morgan fingerprint density at radius 1 is 1.32 bits per heavy atom. The summed E-state index contributed by atoms with van der Waals surface area (Å²) in [5.74, 6) is -0.415. The van der Waals surface area contributed by atoms with Gasteiger partial charge in [0.1, 0.15) is 5.75 Å². The molecule has 0 heterocycles. The quantitative estimate of drug-likeness (QED) is 0.759. The van der Waals surface area contributed by atoms with Crippen LogP contribution in [0.3, 0.4) is 0 Å². The maximum atomic E-state index is 13.1. The minimum absolute atomic E-state index is 0.153. The topological polar surface area (TPSA) is 58.6 Å². The molecule has 0 atom stereocenters. The molecular weight excluding hydrogens is 350 g/mol. The lowest BCUT2D eigenvalue weighted by Crippen LogP contribution is -2.32. The number of hydrogen-bond donors (Lipinski definition) is 2. The minimum atomic E-state index is -3.85. The maximum absolute atomic E-state index is 13.1. The summed E-state index contributed by atoms with van der Waals surface area (Å²) in [7, 11) is 0. The molecule has 1 aromatic rings. The van der Waals surface area contributed by atoms with E-state index >= 15 is 0 Å². The molecule has 0 spiro atoms. The summed E-state index contributed by atoms with van der Waals surface area (Å²) in [6.07, 6.45) is -5.26. The second-order valence-electron chi connectivity index (χ2n) is 3.16. The van der Waals surface area contributed by atoms with Gasteiger partial charge < -0.3 is 9.84 Å². The normalized spacial score (nSPS) is 11.5. The van der Waals surface area contributed by atoms with E-state index in [1.165, 1.54) is 0 Å². The highest BCUT2D eigenvalue weighted by molar-refractivity contribution is 6.44. The Bertz CT molecular complexity index is 475. The van der Waals surface area contributed by atoms with Crippen LogP contribution in [0.2, 0.25) is 10.0 Å². The van der Waals surface area contributed by atoms with Crippen molar-refractivity contribution in [2.45, 2.75) is 10.9 Å². The fourth-order valence-corrected chi connectivity index (χ4v) is 1.69. The molecule has 0 saturated heterocycles. The summed E-state index contributed by atoms with van der Waals surface area (Å²) in [5.41, 5.74) is -0.153. The molecule has 1 rings (SSSR count). The molecule has 2 N–H and O–H groups in total. The van der Waals surface area contributed by atoms with Crippen LogP contribution in [0.1, 0.15) is 0 Å². The third-order valence-corrected chi connectivity index (χ3v) is 2.86. The molecule has 0 fully saturated rings. The van der Waals surface area contributed by atoms with Gasteiger partial charge in [-0.25, -0.2) is 4.79 Å². The largest absolute Gasteiger partial charge is 0.465 e. The Labute approximate surface area is 126 Å². The van der Waals surface area contributed by atoms with E-state index in [1.807, 2.05) is 5.32 Å². The number of ether oxygens (including phenoxy) is 1. The molecule has 0 radical (unpaired) electrons. The first-order valence-corrected chi connectivity index (χ1v) is 6.10. The lowest BCUT2D eigenvalue weighted by atomic mass is 10.3. The summed E-state index contributed by atoms with van der Waals surface area (Å²) in [5, 5.41) is 10.00. The van der Waals surface area contributed by atoms with Crippen LogP contribution in [0, 0.1) is 0 Å². The van der Waals surface area contributed by atoms with Crippen molar-refractivity contribution in [3.63, 3.8) is 0 Å². The molecule has 1 amide bonds. The van der Waals surface area contributed by atoms with Crippen LogP contribution in [0.25, 0.3) is 0 Å². The zero-order chi connectivity index (χ0) is 14.8. The van der Waals surface area contributed by atoms with Crippen molar-refractivity contribution in [1.82, 2.24) is 0 Å². The van der Waals surface area contributed by atoms with Crippen molar-refractivity contribution in [3.8, 4) is 5.75 Å². The number of hydrogen-bond acceptors (Lipinski definition) is 2. The third-order valence-electron chi connectivity index (χ3n) is 1.76. The van der Waals surface area contributed by atoms with Gasteiger partial charge in [0.25, 0.3) is 0 Å². The molecule has 10 heteroatoms. The molecule has 0 unspecified atom stereocenters. The molecule has 106 valence electrons. The Hall–Kier alpha value is -0.690. The van der Waals surface area contributed by atoms with Crippen molar-refractivity contribution < 1.29 is 23.4 Å². The predicted molar refractivity (Wildman–Crippen MR) is 69.2 cm³/mol. The van der Waals surface area contributed by atoms with Crippen molar-refractivity contribution >= 4 is 58.2 Å². The van der Waals surface area contributed by atoms with Gasteiger partial charge in [-0.15, -0.1) is 0 Å². The van der Waals surface area contributed by atoms with Gasteiger partial charge in [0.2, 0.25) is 4.84 Å². The van der Waals surface area contributed by atoms with Gasteiger partial charge >= 0.3 is 12.2 Å². The maximum Gasteiger partial charge on any atom is 0.428 e. The lowest BCUT2D eigenvalue weighted by molar-refractivity contribution is -0.163. The van der Waals surface area contributed by atoms with Crippen molar-refractivity contribution in [3.05, 3.63) is 22.2 Å². The van der Waals surface area contributed by atoms with Crippen LogP contribution in [-0.2, 0) is 0 Å². The number of anilines is 1. The highest BCUT2D eigenvalue weighted by Crippen LogP contribution is 2.38. The molecule has 0 bridgehead atoms. The SMILES string of the molecule is O=C(O)Nc1c(Cl)cc(OC(F)(F)C(Cl)Cl)cc1Cl. The fraction of sp³-hybridized carbons (Fsp3) is 0.222. The minimum Gasteiger partial charge on any atom is -0.465 e. The number of carbonyl (C=O) groups is 1. The van der Waals surface area contributed by atoms with Crippen LogP contribution in [0.4, 0.5) is 19.3 Å². The Kier molecular flexibility index (Phi) is 5.32. The van der Waals surface area contributed by atoms with Gasteiger partial charge in [0, 0.05) is 12.1 Å². The first-order chi connectivity index (χ1) is 8.63. The lowest BCUT2D eigenvalue weighted by Gasteiger charge is -2.19. The summed E-state index contributed by atoms with van der Waals surface area (Å²) in [6, 6.07) is 1.89. The molecule has 0 saturated carbocycles. The third kappa shape index (κ3) is 4.42. The molecule has 0 aromatic heterocycles. The number of amides is 1. The van der Waals surface area contributed by atoms with Gasteiger partial charge in [0.15, 0.2) is 0 Å². The number of alkyl halides is 4. The van der Waals surface area contributed by atoms with Crippen molar-refractivity contribution in [2.24, 2.45) is 0 Å². The van der Waals surface area contributed by atoms with Gasteiger partial charge in [0.05, 0.1) is 15.7 Å². The zero-order valence-electron chi connectivity index (χ0n) is 8.76. The molecule has 0 aliphatic heterocycles. The summed E-state index contributed by atoms with van der Waals surface area (Å²) < 4.78 is 30.5. The Morgan fingerprint density at radius 2 is 1.79 bits per heavy atom. The number of halogens is 6. The fourth-order valence-electron chi connectivity index (χ4n) is 1.04. The van der Waals surface area contributed by atoms with Gasteiger partial charge in [-0.05, 0) is 0 Å². The van der Waals surface area contributed by atoms with Crippen LogP contribution >= 0.6 is 46.4 Å². The first-order valence-electron chi connectivity index (χ1n) is 4.47. The van der Waals surface area contributed by atoms with Crippen LogP contribution < -0.4 is 10.1 Å². The molecule has 1 aromatic carbocycles. The standard InChI is InChI=1S/C9H5Cl4F2NO3/c10-4-1-3(19-9(14,15)7(12)13)2-5(11)6(4)16-8(17)18/h1-2,7,16H,(H,17,18). The second kappa shape index (κ2) is 6.17. The first kappa shape index (κ1) is 16.4. The van der Waals surface area contributed by atoms with E-state index in [0.29, 0.717) is 0 Å². The number of rotatable bonds is 4. The van der Waals surface area contributed by atoms with E-state index in [2.05, 4.69) is 4.74 Å². The average molecular weight is 355 g/mol. The zero-order valence-corrected chi connectivity index (χ0v) is 11.8. The average Bonchev–Trinajstić information content (AvgIpc) is 2.22. The summed E-state index contributed by atoms with van der Waals surface area (Å²) in [6.45, 7) is 0. The van der Waals surface area contributed by atoms with Crippen molar-refractivity contribution in [2.75, 3.05) is 5.32 Å². The van der Waals surface area contributed by atoms with Gasteiger partial charge in [-0.2, -0.15) is 8.78 Å².